The number of thiophene rings is 1. The molecule has 1 saturated heterocycles. The van der Waals surface area contributed by atoms with E-state index in [0.29, 0.717) is 32.5 Å². The normalized spacial score (nSPS) is 18.8. The molecule has 2 N–H and O–H groups in total. The number of carbonyl (C=O) groups is 2. The molecule has 1 fully saturated rings. The lowest BCUT2D eigenvalue weighted by molar-refractivity contribution is -0.152. The van der Waals surface area contributed by atoms with Crippen molar-refractivity contribution in [2.24, 2.45) is 5.92 Å². The van der Waals surface area contributed by atoms with Gasteiger partial charge in [0, 0.05) is 42.0 Å². The number of rotatable bonds is 11. The number of hydrogen-bond donors (Lipinski definition) is 2. The van der Waals surface area contributed by atoms with Gasteiger partial charge < -0.3 is 20.2 Å². The summed E-state index contributed by atoms with van der Waals surface area (Å²) in [5.41, 5.74) is 0. The molecule has 1 aliphatic heterocycles. The molecule has 0 spiro atoms. The van der Waals surface area contributed by atoms with Gasteiger partial charge in [-0.15, -0.1) is 22.7 Å². The number of ether oxygens (including phenoxy) is 1. The third kappa shape index (κ3) is 7.17. The zero-order valence-electron chi connectivity index (χ0n) is 17.4. The number of likely N-dealkylation sites (tertiary alicyclic amines) is 1. The Hall–Kier alpha value is -2.18. The van der Waals surface area contributed by atoms with E-state index in [1.54, 1.807) is 19.2 Å². The van der Waals surface area contributed by atoms with E-state index in [0.717, 1.165) is 27.6 Å². The van der Waals surface area contributed by atoms with E-state index in [2.05, 4.69) is 20.5 Å². The van der Waals surface area contributed by atoms with Crippen LogP contribution in [0.4, 0.5) is 18.3 Å². The van der Waals surface area contributed by atoms with Gasteiger partial charge in [0.1, 0.15) is 6.29 Å². The highest BCUT2D eigenvalue weighted by Crippen LogP contribution is 2.31. The van der Waals surface area contributed by atoms with Crippen LogP contribution in [0, 0.1) is 5.92 Å². The SMILES string of the molecule is C[C@@H](NC(=O)C1CCN(C(CC=O)CNc2nccs2)C1)c1ccc(OCC(F)(F)F)s1. The number of alkyl halides is 3. The molecule has 12 heteroatoms. The molecule has 0 aromatic carbocycles. The fourth-order valence-electron chi connectivity index (χ4n) is 3.52. The molecule has 2 aromatic rings. The second kappa shape index (κ2) is 11.1. The first-order chi connectivity index (χ1) is 15.2. The van der Waals surface area contributed by atoms with Crippen LogP contribution in [0.15, 0.2) is 23.7 Å². The van der Waals surface area contributed by atoms with Crippen molar-refractivity contribution in [2.75, 3.05) is 31.6 Å². The van der Waals surface area contributed by atoms with Crippen LogP contribution < -0.4 is 15.4 Å². The number of halogens is 3. The maximum atomic E-state index is 12.8. The summed E-state index contributed by atoms with van der Waals surface area (Å²) in [5.74, 6) is -0.323. The third-order valence-corrected chi connectivity index (χ3v) is 7.07. The Labute approximate surface area is 192 Å². The number of nitrogens with one attached hydrogen (secondary N) is 2. The van der Waals surface area contributed by atoms with Crippen LogP contribution in [-0.4, -0.2) is 60.5 Å². The standard InChI is InChI=1S/C20H25F3N4O3S2/c1-13(16-2-3-17(32-16)30-12-20(21,22)23)26-18(29)14-4-7-27(11-14)15(5-8-28)10-25-19-24-6-9-31-19/h2-3,6,8-9,13-15H,4-5,7,10-12H2,1H3,(H,24,25)(H,26,29)/t13-,14?,15?/m1/s1. The Morgan fingerprint density at radius 3 is 2.94 bits per heavy atom. The summed E-state index contributed by atoms with van der Waals surface area (Å²) in [5, 5.41) is 8.99. The molecular formula is C20H25F3N4O3S2. The number of thiazole rings is 1. The van der Waals surface area contributed by atoms with Crippen molar-refractivity contribution in [3.63, 3.8) is 0 Å². The van der Waals surface area contributed by atoms with Gasteiger partial charge in [-0.25, -0.2) is 4.98 Å². The molecule has 1 amide bonds. The minimum absolute atomic E-state index is 0.0303. The fraction of sp³-hybridized carbons (Fsp3) is 0.550. The molecule has 176 valence electrons. The third-order valence-electron chi connectivity index (χ3n) is 5.16. The number of amides is 1. The Morgan fingerprint density at radius 2 is 2.25 bits per heavy atom. The van der Waals surface area contributed by atoms with Gasteiger partial charge in [-0.05, 0) is 32.0 Å². The minimum atomic E-state index is -4.39. The molecule has 32 heavy (non-hydrogen) atoms. The summed E-state index contributed by atoms with van der Waals surface area (Å²) in [7, 11) is 0. The number of carbonyl (C=O) groups excluding carboxylic acids is 2. The van der Waals surface area contributed by atoms with Crippen molar-refractivity contribution < 1.29 is 27.5 Å². The van der Waals surface area contributed by atoms with E-state index < -0.39 is 12.8 Å². The lowest BCUT2D eigenvalue weighted by Gasteiger charge is -2.26. The first-order valence-corrected chi connectivity index (χ1v) is 11.9. The van der Waals surface area contributed by atoms with Crippen molar-refractivity contribution in [3.05, 3.63) is 28.6 Å². The van der Waals surface area contributed by atoms with E-state index in [1.165, 1.54) is 17.4 Å². The smallest absolute Gasteiger partial charge is 0.422 e. The first kappa shape index (κ1) is 24.5. The van der Waals surface area contributed by atoms with E-state index in [4.69, 9.17) is 4.74 Å². The summed E-state index contributed by atoms with van der Waals surface area (Å²) in [6.07, 6.45) is -0.762. The maximum absolute atomic E-state index is 12.8. The zero-order chi connectivity index (χ0) is 23.1. The molecule has 0 aliphatic carbocycles. The lowest BCUT2D eigenvalue weighted by Crippen LogP contribution is -2.40. The van der Waals surface area contributed by atoms with Crippen molar-refractivity contribution >= 4 is 40.0 Å². The highest BCUT2D eigenvalue weighted by molar-refractivity contribution is 7.14. The average Bonchev–Trinajstić information content (AvgIpc) is 3.50. The Bertz CT molecular complexity index is 876. The molecule has 3 rings (SSSR count). The summed E-state index contributed by atoms with van der Waals surface area (Å²) >= 11 is 2.57. The Kier molecular flexibility index (Phi) is 8.49. The van der Waals surface area contributed by atoms with Gasteiger partial charge in [-0.2, -0.15) is 13.2 Å². The monoisotopic (exact) mass is 490 g/mol. The number of nitrogens with zero attached hydrogens (tertiary/aromatic N) is 2. The van der Waals surface area contributed by atoms with E-state index in [1.807, 2.05) is 5.38 Å². The van der Waals surface area contributed by atoms with Crippen LogP contribution in [0.25, 0.3) is 0 Å². The van der Waals surface area contributed by atoms with Crippen molar-refractivity contribution in [1.82, 2.24) is 15.2 Å². The van der Waals surface area contributed by atoms with Gasteiger partial charge in [0.2, 0.25) is 5.91 Å². The van der Waals surface area contributed by atoms with Gasteiger partial charge in [-0.1, -0.05) is 0 Å². The predicted molar refractivity (Wildman–Crippen MR) is 117 cm³/mol. The maximum Gasteiger partial charge on any atom is 0.422 e. The number of aldehydes is 1. The Balaban J connectivity index is 1.49. The van der Waals surface area contributed by atoms with Crippen LogP contribution in [0.5, 0.6) is 5.06 Å². The van der Waals surface area contributed by atoms with Gasteiger partial charge >= 0.3 is 6.18 Å². The van der Waals surface area contributed by atoms with Gasteiger partial charge in [0.25, 0.3) is 0 Å². The quantitative estimate of drug-likeness (QED) is 0.467. The molecule has 0 saturated carbocycles. The fourth-order valence-corrected chi connectivity index (χ4v) is 4.92. The van der Waals surface area contributed by atoms with E-state index in [9.17, 15) is 22.8 Å². The minimum Gasteiger partial charge on any atom is -0.475 e. The van der Waals surface area contributed by atoms with Crippen LogP contribution in [0.3, 0.4) is 0 Å². The largest absolute Gasteiger partial charge is 0.475 e. The van der Waals surface area contributed by atoms with Crippen LogP contribution in [0.2, 0.25) is 0 Å². The Morgan fingerprint density at radius 1 is 1.44 bits per heavy atom. The number of hydrogen-bond acceptors (Lipinski definition) is 8. The van der Waals surface area contributed by atoms with Crippen molar-refractivity contribution in [1.29, 1.82) is 0 Å². The second-order valence-corrected chi connectivity index (χ2v) is 9.52. The molecule has 7 nitrogen and oxygen atoms in total. The van der Waals surface area contributed by atoms with E-state index in [-0.39, 0.29) is 29.0 Å². The molecule has 2 unspecified atom stereocenters. The van der Waals surface area contributed by atoms with Gasteiger partial charge in [-0.3, -0.25) is 9.69 Å². The van der Waals surface area contributed by atoms with Crippen LogP contribution in [-0.2, 0) is 9.59 Å². The number of aromatic nitrogens is 1. The second-order valence-electron chi connectivity index (χ2n) is 7.55. The molecule has 2 aromatic heterocycles. The molecular weight excluding hydrogens is 465 g/mol. The predicted octanol–water partition coefficient (Wildman–Crippen LogP) is 3.71. The average molecular weight is 491 g/mol. The molecule has 0 radical (unpaired) electrons. The van der Waals surface area contributed by atoms with Gasteiger partial charge in [0.15, 0.2) is 16.8 Å². The summed E-state index contributed by atoms with van der Waals surface area (Å²) in [4.78, 5) is 30.9. The number of anilines is 1. The topological polar surface area (TPSA) is 83.6 Å². The first-order valence-electron chi connectivity index (χ1n) is 10.2. The summed E-state index contributed by atoms with van der Waals surface area (Å²) in [6.45, 7) is 2.26. The van der Waals surface area contributed by atoms with Gasteiger partial charge in [0.05, 0.1) is 12.0 Å². The summed E-state index contributed by atoms with van der Waals surface area (Å²) in [6, 6.07) is 2.76. The highest BCUT2D eigenvalue weighted by Gasteiger charge is 2.33. The highest BCUT2D eigenvalue weighted by atomic mass is 32.1. The van der Waals surface area contributed by atoms with Crippen LogP contribution >= 0.6 is 22.7 Å². The lowest BCUT2D eigenvalue weighted by atomic mass is 10.1. The van der Waals surface area contributed by atoms with Crippen molar-refractivity contribution in [2.45, 2.75) is 38.0 Å². The molecule has 1 aliphatic rings. The van der Waals surface area contributed by atoms with Crippen LogP contribution in [0.1, 0.15) is 30.7 Å². The molecule has 3 heterocycles. The summed E-state index contributed by atoms with van der Waals surface area (Å²) < 4.78 is 41.7. The molecule has 0 bridgehead atoms. The molecule has 3 atom stereocenters. The van der Waals surface area contributed by atoms with E-state index >= 15 is 0 Å². The zero-order valence-corrected chi connectivity index (χ0v) is 19.1. The van der Waals surface area contributed by atoms with Crippen molar-refractivity contribution in [3.8, 4) is 5.06 Å².